The smallest absolute Gasteiger partial charge is 0.216 e. The Hall–Kier alpha value is -4.17. The van der Waals surface area contributed by atoms with Crippen molar-refractivity contribution in [2.75, 3.05) is 0 Å². The molecule has 0 bridgehead atoms. The van der Waals surface area contributed by atoms with Gasteiger partial charge >= 0.3 is 0 Å². The van der Waals surface area contributed by atoms with Crippen molar-refractivity contribution < 1.29 is 10.4 Å². The fourth-order valence-corrected chi connectivity index (χ4v) is 5.57. The van der Waals surface area contributed by atoms with Crippen LogP contribution in [0, 0.1) is 6.92 Å². The molecule has 0 atom stereocenters. The second-order valence-electron chi connectivity index (χ2n) is 9.08. The molecule has 7 rings (SSSR count). The highest BCUT2D eigenvalue weighted by molar-refractivity contribution is 6.11. The predicted octanol–water partition coefficient (Wildman–Crippen LogP) is 7.55. The Kier molecular flexibility index (Phi) is 3.85. The van der Waals surface area contributed by atoms with Crippen LogP contribution in [0.4, 0.5) is 0 Å². The second kappa shape index (κ2) is 7.16. The molecule has 0 radical (unpaired) electrons. The molecule has 2 heteroatoms. The van der Waals surface area contributed by atoms with Gasteiger partial charge in [-0.1, -0.05) is 78.9 Å². The van der Waals surface area contributed by atoms with Crippen LogP contribution in [0.25, 0.3) is 44.3 Å². The topological polar surface area (TPSA) is 17.0 Å². The lowest BCUT2D eigenvalue weighted by Crippen LogP contribution is -2.30. The molecule has 0 unspecified atom stereocenters. The maximum atomic E-state index is 9.97. The standard InChI is InChI=1S/C32H24NO/c1-20-17-18-26-25-14-9-15-27(31(25)34-32(26)29(20)28-16-7-8-19-33(28)2)30-23-12-5-3-10-21(23)22-11-4-6-13-24(22)30/h3-19,30H,1-2H3/q+1/i30D. The lowest BCUT2D eigenvalue weighted by molar-refractivity contribution is -0.660. The van der Waals surface area contributed by atoms with E-state index in [2.05, 4.69) is 104 Å². The van der Waals surface area contributed by atoms with Gasteiger partial charge in [-0.05, 0) is 40.8 Å². The van der Waals surface area contributed by atoms with Gasteiger partial charge in [0.2, 0.25) is 5.69 Å². The highest BCUT2D eigenvalue weighted by Crippen LogP contribution is 2.50. The predicted molar refractivity (Wildman–Crippen MR) is 138 cm³/mol. The Morgan fingerprint density at radius 1 is 0.676 bits per heavy atom. The Bertz CT molecular complexity index is 1750. The summed E-state index contributed by atoms with van der Waals surface area (Å²) in [6, 6.07) is 33.4. The molecule has 2 aromatic heterocycles. The van der Waals surface area contributed by atoms with E-state index in [1.165, 1.54) is 0 Å². The maximum Gasteiger partial charge on any atom is 0.216 e. The van der Waals surface area contributed by atoms with Gasteiger partial charge in [0.1, 0.15) is 18.2 Å². The fraction of sp³-hybridized carbons (Fsp3) is 0.0938. The summed E-state index contributed by atoms with van der Waals surface area (Å²) in [6.07, 6.45) is 2.06. The number of nitrogens with zero attached hydrogens (tertiary/aromatic N) is 1. The molecule has 0 aliphatic heterocycles. The number of hydrogen-bond donors (Lipinski definition) is 0. The van der Waals surface area contributed by atoms with Gasteiger partial charge in [-0.3, -0.25) is 0 Å². The van der Waals surface area contributed by atoms with E-state index in [1.807, 2.05) is 18.2 Å². The average Bonchev–Trinajstić information content (AvgIpc) is 3.39. The van der Waals surface area contributed by atoms with Crippen LogP contribution < -0.4 is 4.57 Å². The summed E-state index contributed by atoms with van der Waals surface area (Å²) >= 11 is 0. The zero-order valence-corrected chi connectivity index (χ0v) is 19.2. The van der Waals surface area contributed by atoms with Crippen LogP contribution in [-0.4, -0.2) is 0 Å². The van der Waals surface area contributed by atoms with Crippen molar-refractivity contribution in [1.82, 2.24) is 0 Å². The van der Waals surface area contributed by atoms with Gasteiger partial charge in [0.15, 0.2) is 6.20 Å². The van der Waals surface area contributed by atoms with Gasteiger partial charge in [-0.15, -0.1) is 0 Å². The van der Waals surface area contributed by atoms with Crippen LogP contribution in [0.3, 0.4) is 0 Å². The van der Waals surface area contributed by atoms with E-state index in [-0.39, 0.29) is 0 Å². The van der Waals surface area contributed by atoms with Gasteiger partial charge < -0.3 is 4.42 Å². The van der Waals surface area contributed by atoms with Gasteiger partial charge in [0, 0.05) is 35.7 Å². The van der Waals surface area contributed by atoms with Gasteiger partial charge in [0.25, 0.3) is 0 Å². The number of para-hydroxylation sites is 1. The number of aryl methyl sites for hydroxylation is 2. The highest BCUT2D eigenvalue weighted by Gasteiger charge is 2.32. The Balaban J connectivity index is 1.59. The number of fused-ring (bicyclic) bond motifs is 6. The van der Waals surface area contributed by atoms with Crippen LogP contribution in [-0.2, 0) is 7.05 Å². The van der Waals surface area contributed by atoms with Gasteiger partial charge in [-0.25, -0.2) is 4.57 Å². The summed E-state index contributed by atoms with van der Waals surface area (Å²) in [5, 5.41) is 2.13. The first-order valence-corrected chi connectivity index (χ1v) is 11.7. The minimum absolute atomic E-state index is 0.787. The number of hydrogen-bond acceptors (Lipinski definition) is 1. The Morgan fingerprint density at radius 3 is 2.06 bits per heavy atom. The molecule has 0 N–H and O–H groups in total. The van der Waals surface area contributed by atoms with E-state index in [9.17, 15) is 1.37 Å². The summed E-state index contributed by atoms with van der Waals surface area (Å²) in [6.45, 7) is 2.13. The summed E-state index contributed by atoms with van der Waals surface area (Å²) in [5.74, 6) is -1.05. The number of furan rings is 1. The molecule has 2 heterocycles. The Morgan fingerprint density at radius 2 is 1.32 bits per heavy atom. The lowest BCUT2D eigenvalue weighted by Gasteiger charge is -2.14. The number of aromatic nitrogens is 1. The normalized spacial score (nSPS) is 14.2. The molecule has 6 aromatic rings. The van der Waals surface area contributed by atoms with E-state index < -0.39 is 5.89 Å². The molecule has 0 saturated heterocycles. The molecular weight excluding hydrogens is 414 g/mol. The molecular formula is C32H24NO+. The molecule has 0 spiro atoms. The first-order chi connectivity index (χ1) is 17.1. The molecule has 1 aliphatic carbocycles. The monoisotopic (exact) mass is 439 g/mol. The third kappa shape index (κ3) is 2.60. The number of pyridine rings is 1. The summed E-state index contributed by atoms with van der Waals surface area (Å²) in [7, 11) is 2.06. The average molecular weight is 440 g/mol. The van der Waals surface area contributed by atoms with Crippen molar-refractivity contribution in [1.29, 1.82) is 0 Å². The zero-order valence-electron chi connectivity index (χ0n) is 20.2. The van der Waals surface area contributed by atoms with Crippen LogP contribution in [0.1, 0.15) is 29.5 Å². The largest absolute Gasteiger partial charge is 0.455 e. The summed E-state index contributed by atoms with van der Waals surface area (Å²) in [4.78, 5) is 0. The van der Waals surface area contributed by atoms with E-state index in [0.717, 1.165) is 66.6 Å². The van der Waals surface area contributed by atoms with E-state index in [4.69, 9.17) is 4.42 Å². The van der Waals surface area contributed by atoms with Gasteiger partial charge in [-0.2, -0.15) is 0 Å². The molecule has 34 heavy (non-hydrogen) atoms. The van der Waals surface area contributed by atoms with Crippen LogP contribution >= 0.6 is 0 Å². The fourth-order valence-electron chi connectivity index (χ4n) is 5.57. The third-order valence-corrected chi connectivity index (χ3v) is 7.14. The SMILES string of the molecule is [2H]C1(c2cccc3c2oc2c(-c4cccc[n+]4C)c(C)ccc23)c2ccccc2-c2ccccc21. The number of benzene rings is 4. The first-order valence-electron chi connectivity index (χ1n) is 12.2. The van der Waals surface area contributed by atoms with Crippen LogP contribution in [0.5, 0.6) is 0 Å². The minimum atomic E-state index is -1.05. The van der Waals surface area contributed by atoms with Crippen molar-refractivity contribution in [2.24, 2.45) is 7.05 Å². The molecule has 0 saturated carbocycles. The van der Waals surface area contributed by atoms with Crippen molar-refractivity contribution in [3.63, 3.8) is 0 Å². The maximum absolute atomic E-state index is 9.97. The Labute approximate surface area is 200 Å². The third-order valence-electron chi connectivity index (χ3n) is 7.14. The van der Waals surface area contributed by atoms with E-state index in [1.54, 1.807) is 0 Å². The number of rotatable bonds is 2. The molecule has 2 nitrogen and oxygen atoms in total. The first kappa shape index (κ1) is 18.3. The molecule has 0 fully saturated rings. The summed E-state index contributed by atoms with van der Waals surface area (Å²) < 4.78 is 18.9. The van der Waals surface area contributed by atoms with Crippen LogP contribution in [0.2, 0.25) is 0 Å². The highest BCUT2D eigenvalue weighted by atomic mass is 16.3. The molecule has 0 amide bonds. The quantitative estimate of drug-likeness (QED) is 0.255. The zero-order chi connectivity index (χ0) is 23.7. The molecule has 162 valence electrons. The second-order valence-corrected chi connectivity index (χ2v) is 9.08. The minimum Gasteiger partial charge on any atom is -0.455 e. The van der Waals surface area contributed by atoms with Crippen molar-refractivity contribution in [3.8, 4) is 22.4 Å². The van der Waals surface area contributed by atoms with Crippen molar-refractivity contribution in [2.45, 2.75) is 12.8 Å². The van der Waals surface area contributed by atoms with Crippen molar-refractivity contribution >= 4 is 21.9 Å². The van der Waals surface area contributed by atoms with Crippen molar-refractivity contribution in [3.05, 3.63) is 126 Å². The van der Waals surface area contributed by atoms with E-state index >= 15 is 0 Å². The molecule has 1 aliphatic rings. The lowest BCUT2D eigenvalue weighted by atomic mass is 9.88. The van der Waals surface area contributed by atoms with Gasteiger partial charge in [0.05, 0.1) is 5.56 Å². The molecule has 4 aromatic carbocycles. The summed E-state index contributed by atoms with van der Waals surface area (Å²) in [5.41, 5.74) is 10.2. The van der Waals surface area contributed by atoms with E-state index in [0.29, 0.717) is 0 Å². The van der Waals surface area contributed by atoms with Crippen LogP contribution in [0.15, 0.2) is 108 Å².